The summed E-state index contributed by atoms with van der Waals surface area (Å²) in [5.74, 6) is -0.793. The van der Waals surface area contributed by atoms with E-state index in [2.05, 4.69) is 4.98 Å². The molecule has 0 aliphatic carbocycles. The molecule has 162 valence electrons. The number of carbonyl (C=O) groups is 1. The van der Waals surface area contributed by atoms with Crippen LogP contribution in [0.1, 0.15) is 22.1 Å². The number of aromatic nitrogens is 3. The molecule has 0 bridgehead atoms. The van der Waals surface area contributed by atoms with Gasteiger partial charge in [-0.3, -0.25) is 14.3 Å². The number of esters is 1. The molecule has 2 aromatic rings. The topological polar surface area (TPSA) is 114 Å². The van der Waals surface area contributed by atoms with Gasteiger partial charge in [-0.05, 0) is 16.2 Å². The predicted molar refractivity (Wildman–Crippen MR) is 107 cm³/mol. The second-order valence-corrected chi connectivity index (χ2v) is 7.08. The molecule has 0 radical (unpaired) electrons. The molecule has 1 fully saturated rings. The van der Waals surface area contributed by atoms with Gasteiger partial charge in [0.15, 0.2) is 30.9 Å². The van der Waals surface area contributed by atoms with Crippen LogP contribution < -0.4 is 39.8 Å². The van der Waals surface area contributed by atoms with Crippen molar-refractivity contribution in [3.8, 4) is 0 Å². The lowest BCUT2D eigenvalue weighted by molar-refractivity contribution is -0.671. The third-order valence-corrected chi connectivity index (χ3v) is 4.74. The Morgan fingerprint density at radius 2 is 2.23 bits per heavy atom. The molecular formula is C18H18FI2N3O6. The molecule has 0 saturated carbocycles. The van der Waals surface area contributed by atoms with E-state index < -0.39 is 48.4 Å². The van der Waals surface area contributed by atoms with Crippen LogP contribution in [0.5, 0.6) is 0 Å². The van der Waals surface area contributed by atoms with Crippen molar-refractivity contribution in [2.24, 2.45) is 7.05 Å². The zero-order valence-corrected chi connectivity index (χ0v) is 19.9. The van der Waals surface area contributed by atoms with Crippen LogP contribution in [0, 0.1) is 0 Å². The number of pyridine rings is 1. The Bertz CT molecular complexity index is 1060. The average molecular weight is 645 g/mol. The second kappa shape index (κ2) is 10.6. The number of aliphatic hydroxyl groups excluding tert-OH is 1. The van der Waals surface area contributed by atoms with Gasteiger partial charge in [-0.2, -0.15) is 0 Å². The van der Waals surface area contributed by atoms with Gasteiger partial charge in [0, 0.05) is 12.3 Å². The van der Waals surface area contributed by atoms with Crippen LogP contribution in [0.2, 0.25) is 0 Å². The van der Waals surface area contributed by atoms with Crippen molar-refractivity contribution in [2.45, 2.75) is 24.6 Å². The van der Waals surface area contributed by atoms with Gasteiger partial charge in [-0.1, -0.05) is 22.6 Å². The van der Waals surface area contributed by atoms with Crippen molar-refractivity contribution in [1.29, 1.82) is 0 Å². The number of H-pyrrole nitrogens is 1. The normalized spacial score (nSPS) is 23.3. The van der Waals surface area contributed by atoms with Crippen molar-refractivity contribution >= 4 is 34.6 Å². The van der Waals surface area contributed by atoms with E-state index in [0.29, 0.717) is 0 Å². The summed E-state index contributed by atoms with van der Waals surface area (Å²) in [6.07, 6.45) is -0.242. The van der Waals surface area contributed by atoms with Gasteiger partial charge in [0.25, 0.3) is 5.56 Å². The minimum atomic E-state index is -1.95. The number of carbonyl (C=O) groups excluding carboxylic acids is 1. The Labute approximate surface area is 200 Å². The molecule has 0 amide bonds. The van der Waals surface area contributed by atoms with Crippen molar-refractivity contribution in [3.05, 3.63) is 66.8 Å². The minimum Gasteiger partial charge on any atom is -1.00 e. The maximum absolute atomic E-state index is 15.1. The van der Waals surface area contributed by atoms with E-state index in [0.717, 1.165) is 10.8 Å². The van der Waals surface area contributed by atoms with E-state index in [1.54, 1.807) is 28.0 Å². The Hall–Kier alpha value is -1.65. The van der Waals surface area contributed by atoms with Crippen molar-refractivity contribution in [1.82, 2.24) is 9.55 Å². The van der Waals surface area contributed by atoms with Gasteiger partial charge < -0.3 is 38.6 Å². The first-order chi connectivity index (χ1) is 13.8. The van der Waals surface area contributed by atoms with Crippen molar-refractivity contribution < 1.29 is 52.3 Å². The summed E-state index contributed by atoms with van der Waals surface area (Å²) < 4.78 is 29.9. The fourth-order valence-electron chi connectivity index (χ4n) is 2.98. The standard InChI is InChI=1S/C18H17FIN3O6.HI/c1-22-6-2-3-11(7-22)17(26)29-14-12(9-24)28-16(13(14)19)23-8-10(4-5-20)15(25)21-18(23)27;/h2-8,12-14,16,24H,9H2,1H3;1H/b5-4+;/t12-,13-,14-,16-;/m1./s1. The zero-order valence-electron chi connectivity index (χ0n) is 15.6. The summed E-state index contributed by atoms with van der Waals surface area (Å²) in [6, 6.07) is 3.13. The van der Waals surface area contributed by atoms with E-state index in [4.69, 9.17) is 9.47 Å². The van der Waals surface area contributed by atoms with Gasteiger partial charge in [-0.15, -0.1) is 0 Å². The molecule has 9 nitrogen and oxygen atoms in total. The zero-order chi connectivity index (χ0) is 21.1. The highest BCUT2D eigenvalue weighted by Gasteiger charge is 2.49. The minimum absolute atomic E-state index is 0. The maximum Gasteiger partial charge on any atom is 0.344 e. The number of aliphatic hydroxyl groups is 1. The number of alkyl halides is 1. The Balaban J connectivity index is 0.00000320. The first-order valence-corrected chi connectivity index (χ1v) is 9.79. The average Bonchev–Trinajstić information content (AvgIpc) is 2.99. The monoisotopic (exact) mass is 645 g/mol. The van der Waals surface area contributed by atoms with Crippen LogP contribution in [0.25, 0.3) is 6.08 Å². The van der Waals surface area contributed by atoms with Crippen LogP contribution in [0.15, 0.2) is 44.4 Å². The van der Waals surface area contributed by atoms with Gasteiger partial charge >= 0.3 is 11.7 Å². The second-order valence-electron chi connectivity index (χ2n) is 6.36. The van der Waals surface area contributed by atoms with E-state index in [1.165, 1.54) is 18.3 Å². The third-order valence-electron chi connectivity index (χ3n) is 4.38. The molecule has 3 heterocycles. The Morgan fingerprint density at radius 1 is 1.50 bits per heavy atom. The first-order valence-electron chi connectivity index (χ1n) is 8.54. The number of ether oxygens (including phenoxy) is 2. The van der Waals surface area contributed by atoms with Crippen molar-refractivity contribution in [2.75, 3.05) is 6.61 Å². The van der Waals surface area contributed by atoms with Crippen LogP contribution in [-0.4, -0.2) is 45.6 Å². The molecular weight excluding hydrogens is 627 g/mol. The van der Waals surface area contributed by atoms with E-state index >= 15 is 4.39 Å². The quantitative estimate of drug-likeness (QED) is 0.207. The molecule has 3 rings (SSSR count). The Kier molecular flexibility index (Phi) is 8.69. The third kappa shape index (κ3) is 5.15. The molecule has 0 spiro atoms. The maximum atomic E-state index is 15.1. The molecule has 2 aromatic heterocycles. The van der Waals surface area contributed by atoms with Crippen LogP contribution >= 0.6 is 22.6 Å². The number of hydrogen-bond donors (Lipinski definition) is 2. The highest BCUT2D eigenvalue weighted by molar-refractivity contribution is 14.1. The van der Waals surface area contributed by atoms with Crippen LogP contribution in [-0.2, 0) is 16.5 Å². The summed E-state index contributed by atoms with van der Waals surface area (Å²) in [6.45, 7) is -0.629. The number of halogens is 3. The van der Waals surface area contributed by atoms with E-state index in [1.807, 2.05) is 22.6 Å². The fraction of sp³-hybridized carbons (Fsp3) is 0.333. The molecule has 0 aromatic carbocycles. The number of aryl methyl sites for hydroxylation is 1. The highest BCUT2D eigenvalue weighted by Crippen LogP contribution is 2.33. The first kappa shape index (κ1) is 24.6. The largest absolute Gasteiger partial charge is 1.00 e. The molecule has 4 atom stereocenters. The van der Waals surface area contributed by atoms with Gasteiger partial charge in [-0.25, -0.2) is 18.5 Å². The summed E-state index contributed by atoms with van der Waals surface area (Å²) in [4.78, 5) is 38.5. The summed E-state index contributed by atoms with van der Waals surface area (Å²) >= 11 is 1.90. The van der Waals surface area contributed by atoms with E-state index in [-0.39, 0.29) is 35.1 Å². The number of hydrogen-bond acceptors (Lipinski definition) is 6. The van der Waals surface area contributed by atoms with Gasteiger partial charge in [0.05, 0.1) is 12.2 Å². The fourth-order valence-corrected chi connectivity index (χ4v) is 3.37. The summed E-state index contributed by atoms with van der Waals surface area (Å²) in [7, 11) is 1.71. The van der Waals surface area contributed by atoms with Crippen molar-refractivity contribution in [3.63, 3.8) is 0 Å². The SMILES string of the molecule is C[n+]1cccc(C(=O)O[C@H]2[C@@H](F)[C@H](n3cc(/C=C/I)c(=O)[nH]c3=O)O[C@@H]2CO)c1.[I-]. The number of rotatable bonds is 5. The number of nitrogens with one attached hydrogen (secondary N) is 1. The Morgan fingerprint density at radius 3 is 2.87 bits per heavy atom. The summed E-state index contributed by atoms with van der Waals surface area (Å²) in [5, 5.41) is 9.55. The molecule has 1 saturated heterocycles. The molecule has 1 aliphatic rings. The summed E-state index contributed by atoms with van der Waals surface area (Å²) in [5.41, 5.74) is -1.20. The van der Waals surface area contributed by atoms with Gasteiger partial charge in [0.2, 0.25) is 0 Å². The molecule has 2 N–H and O–H groups in total. The lowest BCUT2D eigenvalue weighted by atomic mass is 10.1. The van der Waals surface area contributed by atoms with Gasteiger partial charge in [0.1, 0.15) is 18.7 Å². The van der Waals surface area contributed by atoms with Crippen LogP contribution in [0.4, 0.5) is 4.39 Å². The molecule has 12 heteroatoms. The van der Waals surface area contributed by atoms with Crippen LogP contribution in [0.3, 0.4) is 0 Å². The molecule has 0 unspecified atom stereocenters. The predicted octanol–water partition coefficient (Wildman–Crippen LogP) is -2.78. The lowest BCUT2D eigenvalue weighted by Crippen LogP contribution is -3.00. The highest BCUT2D eigenvalue weighted by atomic mass is 127. The smallest absolute Gasteiger partial charge is 0.344 e. The number of aromatic amines is 1. The molecule has 30 heavy (non-hydrogen) atoms. The molecule has 1 aliphatic heterocycles. The number of nitrogens with zero attached hydrogens (tertiary/aromatic N) is 2. The lowest BCUT2D eigenvalue weighted by Gasteiger charge is -2.18. The van der Waals surface area contributed by atoms with E-state index in [9.17, 15) is 19.5 Å².